The third-order valence-electron chi connectivity index (χ3n) is 4.31. The molecular weight excluding hydrogens is 212 g/mol. The maximum Gasteiger partial charge on any atom is 0.119 e. The van der Waals surface area contributed by atoms with Gasteiger partial charge in [-0.3, -0.25) is 19.6 Å². The Kier molecular flexibility index (Phi) is 4.79. The highest BCUT2D eigenvalue weighted by molar-refractivity contribution is 4.82. The largest absolute Gasteiger partial charge is 0.300 e. The van der Waals surface area contributed by atoms with Crippen molar-refractivity contribution >= 4 is 0 Å². The predicted molar refractivity (Wildman–Crippen MR) is 72.0 cm³/mol. The average molecular weight is 240 g/mol. The van der Waals surface area contributed by atoms with Crippen LogP contribution in [-0.2, 0) is 0 Å². The Labute approximate surface area is 106 Å². The van der Waals surface area contributed by atoms with Gasteiger partial charge in [-0.15, -0.1) is 0 Å². The van der Waals surface area contributed by atoms with E-state index < -0.39 is 0 Å². The van der Waals surface area contributed by atoms with E-state index in [4.69, 9.17) is 0 Å². The van der Waals surface area contributed by atoms with Crippen LogP contribution < -0.4 is 0 Å². The SMILES string of the molecule is CCN1CCN2CCN(CC)C1N(CC)CC2. The second kappa shape index (κ2) is 6.14. The maximum absolute atomic E-state index is 2.64. The Hall–Kier alpha value is -0.160. The summed E-state index contributed by atoms with van der Waals surface area (Å²) in [5.74, 6) is 0. The van der Waals surface area contributed by atoms with Crippen molar-refractivity contribution in [2.45, 2.75) is 27.1 Å². The molecule has 0 aromatic heterocycles. The van der Waals surface area contributed by atoms with Gasteiger partial charge in [0.1, 0.15) is 6.29 Å². The fraction of sp³-hybridized carbons (Fsp3) is 1.00. The summed E-state index contributed by atoms with van der Waals surface area (Å²) in [5, 5.41) is 0. The van der Waals surface area contributed by atoms with Gasteiger partial charge in [0.25, 0.3) is 0 Å². The summed E-state index contributed by atoms with van der Waals surface area (Å²) in [6.45, 7) is 17.8. The highest BCUT2D eigenvalue weighted by atomic mass is 15.5. The van der Waals surface area contributed by atoms with E-state index in [0.29, 0.717) is 6.29 Å². The van der Waals surface area contributed by atoms with E-state index in [1.54, 1.807) is 0 Å². The van der Waals surface area contributed by atoms with Crippen LogP contribution in [0.1, 0.15) is 20.8 Å². The van der Waals surface area contributed by atoms with Crippen LogP contribution in [0.25, 0.3) is 0 Å². The topological polar surface area (TPSA) is 13.0 Å². The summed E-state index contributed by atoms with van der Waals surface area (Å²) in [6.07, 6.45) is 0.539. The third kappa shape index (κ3) is 2.81. The van der Waals surface area contributed by atoms with Crippen molar-refractivity contribution in [2.24, 2.45) is 0 Å². The van der Waals surface area contributed by atoms with Gasteiger partial charge in [-0.2, -0.15) is 0 Å². The monoisotopic (exact) mass is 240 g/mol. The lowest BCUT2D eigenvalue weighted by Gasteiger charge is -2.50. The molecule has 4 nitrogen and oxygen atoms in total. The third-order valence-corrected chi connectivity index (χ3v) is 4.31. The van der Waals surface area contributed by atoms with Gasteiger partial charge in [-0.1, -0.05) is 20.8 Å². The van der Waals surface area contributed by atoms with Gasteiger partial charge in [0, 0.05) is 39.3 Å². The van der Waals surface area contributed by atoms with Crippen LogP contribution in [0.5, 0.6) is 0 Å². The van der Waals surface area contributed by atoms with Gasteiger partial charge in [0.05, 0.1) is 0 Å². The fourth-order valence-corrected chi connectivity index (χ4v) is 3.15. The Bertz CT molecular complexity index is 195. The quantitative estimate of drug-likeness (QED) is 0.715. The molecular formula is C13H28N4. The first kappa shape index (κ1) is 13.3. The van der Waals surface area contributed by atoms with Crippen LogP contribution in [0, 0.1) is 0 Å². The Morgan fingerprint density at radius 3 is 1.29 bits per heavy atom. The summed E-state index contributed by atoms with van der Waals surface area (Å²) in [5.41, 5.74) is 0. The molecule has 17 heavy (non-hydrogen) atoms. The Morgan fingerprint density at radius 2 is 1.00 bits per heavy atom. The van der Waals surface area contributed by atoms with E-state index in [1.165, 1.54) is 39.3 Å². The molecule has 0 spiro atoms. The normalized spacial score (nSPS) is 33.4. The van der Waals surface area contributed by atoms with Gasteiger partial charge in [-0.25, -0.2) is 0 Å². The molecule has 2 bridgehead atoms. The van der Waals surface area contributed by atoms with E-state index in [1.807, 2.05) is 0 Å². The average Bonchev–Trinajstić information content (AvgIpc) is 2.29. The maximum atomic E-state index is 2.64. The first-order valence-corrected chi connectivity index (χ1v) is 7.24. The zero-order valence-corrected chi connectivity index (χ0v) is 11.7. The minimum atomic E-state index is 0.539. The zero-order chi connectivity index (χ0) is 12.3. The van der Waals surface area contributed by atoms with Crippen LogP contribution in [0.3, 0.4) is 0 Å². The van der Waals surface area contributed by atoms with Gasteiger partial charge in [-0.05, 0) is 19.6 Å². The molecule has 3 aliphatic rings. The molecule has 3 fully saturated rings. The minimum absolute atomic E-state index is 0.539. The van der Waals surface area contributed by atoms with E-state index >= 15 is 0 Å². The molecule has 3 aliphatic heterocycles. The molecule has 0 amide bonds. The van der Waals surface area contributed by atoms with E-state index in [9.17, 15) is 0 Å². The molecule has 100 valence electrons. The van der Waals surface area contributed by atoms with E-state index in [0.717, 1.165) is 19.6 Å². The molecule has 0 aliphatic carbocycles. The second-order valence-corrected chi connectivity index (χ2v) is 5.07. The molecule has 0 aromatic carbocycles. The number of nitrogens with zero attached hydrogens (tertiary/aromatic N) is 4. The molecule has 0 unspecified atom stereocenters. The summed E-state index contributed by atoms with van der Waals surface area (Å²) in [7, 11) is 0. The smallest absolute Gasteiger partial charge is 0.119 e. The molecule has 0 saturated carbocycles. The summed E-state index contributed by atoms with van der Waals surface area (Å²) in [4.78, 5) is 10.5. The lowest BCUT2D eigenvalue weighted by Crippen LogP contribution is -2.65. The van der Waals surface area contributed by atoms with Crippen molar-refractivity contribution in [3.63, 3.8) is 0 Å². The summed E-state index contributed by atoms with van der Waals surface area (Å²) in [6, 6.07) is 0. The number of hydrogen-bond acceptors (Lipinski definition) is 4. The van der Waals surface area contributed by atoms with Gasteiger partial charge < -0.3 is 0 Å². The van der Waals surface area contributed by atoms with Crippen LogP contribution >= 0.6 is 0 Å². The Morgan fingerprint density at radius 1 is 0.647 bits per heavy atom. The predicted octanol–water partition coefficient (Wildman–Crippen LogP) is 0.565. The number of hydrogen-bond donors (Lipinski definition) is 0. The lowest BCUT2D eigenvalue weighted by atomic mass is 10.2. The molecule has 0 radical (unpaired) electrons. The van der Waals surface area contributed by atoms with Crippen LogP contribution in [-0.4, -0.2) is 84.8 Å². The highest BCUT2D eigenvalue weighted by Crippen LogP contribution is 2.17. The van der Waals surface area contributed by atoms with Gasteiger partial charge in [0.2, 0.25) is 0 Å². The van der Waals surface area contributed by atoms with Crippen molar-refractivity contribution in [1.82, 2.24) is 19.6 Å². The molecule has 0 N–H and O–H groups in total. The Balaban J connectivity index is 2.22. The van der Waals surface area contributed by atoms with Crippen molar-refractivity contribution in [1.29, 1.82) is 0 Å². The molecule has 4 heteroatoms. The summed E-state index contributed by atoms with van der Waals surface area (Å²) < 4.78 is 0. The number of fused-ring (bicyclic) bond motifs is 6. The number of likely N-dealkylation sites (N-methyl/N-ethyl adjacent to an activating group) is 3. The molecule has 3 rings (SSSR count). The van der Waals surface area contributed by atoms with Crippen molar-refractivity contribution < 1.29 is 0 Å². The van der Waals surface area contributed by atoms with Crippen molar-refractivity contribution in [3.05, 3.63) is 0 Å². The van der Waals surface area contributed by atoms with E-state index in [2.05, 4.69) is 40.4 Å². The summed E-state index contributed by atoms with van der Waals surface area (Å²) >= 11 is 0. The van der Waals surface area contributed by atoms with E-state index in [-0.39, 0.29) is 0 Å². The van der Waals surface area contributed by atoms with Gasteiger partial charge >= 0.3 is 0 Å². The van der Waals surface area contributed by atoms with Crippen molar-refractivity contribution in [3.8, 4) is 0 Å². The number of rotatable bonds is 3. The molecule has 3 saturated heterocycles. The first-order valence-electron chi connectivity index (χ1n) is 7.24. The first-order chi connectivity index (χ1) is 8.30. The minimum Gasteiger partial charge on any atom is -0.300 e. The second-order valence-electron chi connectivity index (χ2n) is 5.07. The highest BCUT2D eigenvalue weighted by Gasteiger charge is 2.33. The lowest BCUT2D eigenvalue weighted by molar-refractivity contribution is -0.101. The molecule has 0 atom stereocenters. The van der Waals surface area contributed by atoms with Crippen LogP contribution in [0.15, 0.2) is 0 Å². The molecule has 3 heterocycles. The van der Waals surface area contributed by atoms with Crippen LogP contribution in [0.2, 0.25) is 0 Å². The standard InChI is InChI=1S/C13H28N4/c1-4-15-10-7-14-8-11-16(5-2)13(15)17(6-3)12-9-14/h13H,4-12H2,1-3H3. The van der Waals surface area contributed by atoms with Crippen molar-refractivity contribution in [2.75, 3.05) is 58.9 Å². The van der Waals surface area contributed by atoms with Crippen LogP contribution in [0.4, 0.5) is 0 Å². The molecule has 0 aromatic rings. The zero-order valence-electron chi connectivity index (χ0n) is 11.7. The fourth-order valence-electron chi connectivity index (χ4n) is 3.15. The van der Waals surface area contributed by atoms with Gasteiger partial charge in [0.15, 0.2) is 0 Å².